The van der Waals surface area contributed by atoms with Gasteiger partial charge in [0, 0.05) is 31.7 Å². The number of fused-ring (bicyclic) bond motifs is 1. The minimum Gasteiger partial charge on any atom is -0.486 e. The molecule has 1 fully saturated rings. The topological polar surface area (TPSA) is 75.7 Å². The fourth-order valence-electron chi connectivity index (χ4n) is 2.94. The Morgan fingerprint density at radius 2 is 1.88 bits per heavy atom. The van der Waals surface area contributed by atoms with Crippen molar-refractivity contribution in [2.45, 2.75) is 0 Å². The number of rotatable bonds is 3. The molecular formula is C18H20N4O3. The van der Waals surface area contributed by atoms with E-state index < -0.39 is 0 Å². The van der Waals surface area contributed by atoms with Gasteiger partial charge in [-0.2, -0.15) is 0 Å². The van der Waals surface area contributed by atoms with Gasteiger partial charge in [-0.05, 0) is 30.3 Å². The molecule has 25 heavy (non-hydrogen) atoms. The van der Waals surface area contributed by atoms with Crippen molar-refractivity contribution >= 4 is 17.4 Å². The average Bonchev–Trinajstić information content (AvgIpc) is 2.69. The largest absolute Gasteiger partial charge is 0.486 e. The standard InChI is InChI=1S/C18H20N4O3/c23-18(13-1-3-15-16(11-13)25-10-9-24-15)21-17-4-2-14(12-20-17)22-7-5-19-6-8-22/h1-4,11-12,19H,5-10H2,(H,20,21,23). The number of hydrogen-bond acceptors (Lipinski definition) is 6. The second kappa shape index (κ2) is 6.98. The third kappa shape index (κ3) is 3.51. The molecule has 2 aliphatic heterocycles. The molecule has 7 heteroatoms. The lowest BCUT2D eigenvalue weighted by molar-refractivity contribution is 0.102. The molecule has 0 unspecified atom stereocenters. The van der Waals surface area contributed by atoms with Crippen molar-refractivity contribution in [3.05, 3.63) is 42.1 Å². The van der Waals surface area contributed by atoms with E-state index in [1.807, 2.05) is 12.1 Å². The van der Waals surface area contributed by atoms with Crippen molar-refractivity contribution in [1.29, 1.82) is 0 Å². The van der Waals surface area contributed by atoms with Crippen LogP contribution in [0.5, 0.6) is 11.5 Å². The number of hydrogen-bond donors (Lipinski definition) is 2. The van der Waals surface area contributed by atoms with Crippen LogP contribution in [-0.2, 0) is 0 Å². The Balaban J connectivity index is 1.43. The maximum atomic E-state index is 12.4. The molecule has 0 aliphatic carbocycles. The van der Waals surface area contributed by atoms with Crippen LogP contribution in [0.15, 0.2) is 36.5 Å². The Hall–Kier alpha value is -2.80. The van der Waals surface area contributed by atoms with E-state index in [9.17, 15) is 4.79 Å². The second-order valence-electron chi connectivity index (χ2n) is 5.95. The van der Waals surface area contributed by atoms with Gasteiger partial charge in [-0.15, -0.1) is 0 Å². The van der Waals surface area contributed by atoms with Crippen LogP contribution in [0.4, 0.5) is 11.5 Å². The first-order chi connectivity index (χ1) is 12.3. The molecule has 2 aliphatic rings. The molecule has 1 saturated heterocycles. The number of carbonyl (C=O) groups is 1. The Bertz CT molecular complexity index is 757. The highest BCUT2D eigenvalue weighted by atomic mass is 16.6. The van der Waals surface area contributed by atoms with Crippen molar-refractivity contribution in [3.8, 4) is 11.5 Å². The number of nitrogens with one attached hydrogen (secondary N) is 2. The minimum atomic E-state index is -0.223. The lowest BCUT2D eigenvalue weighted by Crippen LogP contribution is -2.43. The van der Waals surface area contributed by atoms with Crippen molar-refractivity contribution in [3.63, 3.8) is 0 Å². The average molecular weight is 340 g/mol. The van der Waals surface area contributed by atoms with Gasteiger partial charge in [0.05, 0.1) is 11.9 Å². The van der Waals surface area contributed by atoms with Gasteiger partial charge in [0.2, 0.25) is 0 Å². The summed E-state index contributed by atoms with van der Waals surface area (Å²) in [6, 6.07) is 8.98. The summed E-state index contributed by atoms with van der Waals surface area (Å²) >= 11 is 0. The maximum Gasteiger partial charge on any atom is 0.256 e. The summed E-state index contributed by atoms with van der Waals surface area (Å²) in [7, 11) is 0. The quantitative estimate of drug-likeness (QED) is 0.882. The molecule has 7 nitrogen and oxygen atoms in total. The van der Waals surface area contributed by atoms with Crippen molar-refractivity contribution < 1.29 is 14.3 Å². The van der Waals surface area contributed by atoms with Gasteiger partial charge in [0.15, 0.2) is 11.5 Å². The van der Waals surface area contributed by atoms with Crippen molar-refractivity contribution in [2.75, 3.05) is 49.6 Å². The summed E-state index contributed by atoms with van der Waals surface area (Å²) < 4.78 is 11.0. The Labute approximate surface area is 145 Å². The normalized spacial score (nSPS) is 16.4. The molecule has 0 atom stereocenters. The van der Waals surface area contributed by atoms with Crippen molar-refractivity contribution in [2.24, 2.45) is 0 Å². The molecule has 0 radical (unpaired) electrons. The molecule has 0 spiro atoms. The van der Waals surface area contributed by atoms with Crippen LogP contribution in [0.2, 0.25) is 0 Å². The number of piperazine rings is 1. The van der Waals surface area contributed by atoms with E-state index >= 15 is 0 Å². The molecular weight excluding hydrogens is 320 g/mol. The van der Waals surface area contributed by atoms with E-state index in [-0.39, 0.29) is 5.91 Å². The van der Waals surface area contributed by atoms with Crippen LogP contribution in [0.25, 0.3) is 0 Å². The first kappa shape index (κ1) is 15.7. The van der Waals surface area contributed by atoms with E-state index in [1.165, 1.54) is 0 Å². The molecule has 2 N–H and O–H groups in total. The first-order valence-corrected chi connectivity index (χ1v) is 8.42. The van der Waals surface area contributed by atoms with E-state index in [0.717, 1.165) is 31.9 Å². The van der Waals surface area contributed by atoms with Crippen LogP contribution < -0.4 is 25.0 Å². The van der Waals surface area contributed by atoms with Gasteiger partial charge in [-0.1, -0.05) is 0 Å². The van der Waals surface area contributed by atoms with Gasteiger partial charge in [0.25, 0.3) is 5.91 Å². The van der Waals surface area contributed by atoms with E-state index in [0.29, 0.717) is 36.1 Å². The molecule has 4 rings (SSSR count). The smallest absolute Gasteiger partial charge is 0.256 e. The molecule has 0 bridgehead atoms. The van der Waals surface area contributed by atoms with Crippen LogP contribution in [0.3, 0.4) is 0 Å². The second-order valence-corrected chi connectivity index (χ2v) is 5.95. The predicted octanol–water partition coefficient (Wildman–Crippen LogP) is 1.51. The monoisotopic (exact) mass is 340 g/mol. The van der Waals surface area contributed by atoms with Crippen LogP contribution >= 0.6 is 0 Å². The van der Waals surface area contributed by atoms with Gasteiger partial charge in [0.1, 0.15) is 19.0 Å². The van der Waals surface area contributed by atoms with E-state index in [1.54, 1.807) is 24.4 Å². The Kier molecular flexibility index (Phi) is 4.39. The highest BCUT2D eigenvalue weighted by Crippen LogP contribution is 2.31. The third-order valence-electron chi connectivity index (χ3n) is 4.28. The molecule has 1 aromatic carbocycles. The predicted molar refractivity (Wildman–Crippen MR) is 94.7 cm³/mol. The summed E-state index contributed by atoms with van der Waals surface area (Å²) in [4.78, 5) is 19.1. The number of pyridine rings is 1. The number of benzene rings is 1. The summed E-state index contributed by atoms with van der Waals surface area (Å²) in [5, 5.41) is 6.14. The molecule has 130 valence electrons. The number of nitrogens with zero attached hydrogens (tertiary/aromatic N) is 2. The third-order valence-corrected chi connectivity index (χ3v) is 4.28. The van der Waals surface area contributed by atoms with Crippen LogP contribution in [-0.4, -0.2) is 50.3 Å². The van der Waals surface area contributed by atoms with Gasteiger partial charge >= 0.3 is 0 Å². The molecule has 0 saturated carbocycles. The summed E-state index contributed by atoms with van der Waals surface area (Å²) in [6.45, 7) is 4.90. The van der Waals surface area contributed by atoms with Gasteiger partial charge in [-0.25, -0.2) is 4.98 Å². The molecule has 1 amide bonds. The number of aromatic nitrogens is 1. The highest BCUT2D eigenvalue weighted by molar-refractivity contribution is 6.04. The molecule has 1 aromatic heterocycles. The minimum absolute atomic E-state index is 0.223. The number of carbonyl (C=O) groups excluding carboxylic acids is 1. The van der Waals surface area contributed by atoms with E-state index in [4.69, 9.17) is 9.47 Å². The summed E-state index contributed by atoms with van der Waals surface area (Å²) in [6.07, 6.45) is 1.80. The molecule has 2 aromatic rings. The number of ether oxygens (including phenoxy) is 2. The van der Waals surface area contributed by atoms with Crippen LogP contribution in [0, 0.1) is 0 Å². The van der Waals surface area contributed by atoms with E-state index in [2.05, 4.69) is 20.5 Å². The fourth-order valence-corrected chi connectivity index (χ4v) is 2.94. The van der Waals surface area contributed by atoms with Gasteiger partial charge < -0.3 is 25.0 Å². The molecule has 3 heterocycles. The van der Waals surface area contributed by atoms with Gasteiger partial charge in [-0.3, -0.25) is 4.79 Å². The number of anilines is 2. The zero-order valence-electron chi connectivity index (χ0n) is 13.8. The zero-order chi connectivity index (χ0) is 17.1. The maximum absolute atomic E-state index is 12.4. The Morgan fingerprint density at radius 1 is 1.08 bits per heavy atom. The summed E-state index contributed by atoms with van der Waals surface area (Å²) in [5.41, 5.74) is 1.58. The highest BCUT2D eigenvalue weighted by Gasteiger charge is 2.16. The lowest BCUT2D eigenvalue weighted by Gasteiger charge is -2.29. The number of amides is 1. The summed E-state index contributed by atoms with van der Waals surface area (Å²) in [5.74, 6) is 1.57. The fraction of sp³-hybridized carbons (Fsp3) is 0.333. The first-order valence-electron chi connectivity index (χ1n) is 8.42. The Morgan fingerprint density at radius 3 is 2.64 bits per heavy atom. The lowest BCUT2D eigenvalue weighted by atomic mass is 10.2. The van der Waals surface area contributed by atoms with Crippen LogP contribution in [0.1, 0.15) is 10.4 Å². The SMILES string of the molecule is O=C(Nc1ccc(N2CCNCC2)cn1)c1ccc2c(c1)OCCO2. The van der Waals surface area contributed by atoms with Crippen molar-refractivity contribution in [1.82, 2.24) is 10.3 Å². The zero-order valence-corrected chi connectivity index (χ0v) is 13.8.